The van der Waals surface area contributed by atoms with Crippen LogP contribution in [0.3, 0.4) is 0 Å². The maximum absolute atomic E-state index is 12.8. The Balaban J connectivity index is 2.31. The number of alkyl halides is 3. The summed E-state index contributed by atoms with van der Waals surface area (Å²) in [6.07, 6.45) is -3.73. The molecule has 2 aromatic rings. The molecule has 1 amide bonds. The van der Waals surface area contributed by atoms with Gasteiger partial charge < -0.3 is 10.6 Å². The Morgan fingerprint density at radius 1 is 1.24 bits per heavy atom. The average Bonchev–Trinajstić information content (AvgIpc) is 2.53. The molecule has 0 atom stereocenters. The van der Waals surface area contributed by atoms with Gasteiger partial charge in [0.2, 0.25) is 0 Å². The smallest absolute Gasteiger partial charge is 0.351 e. The second-order valence-corrected chi connectivity index (χ2v) is 5.67. The minimum absolute atomic E-state index is 0.0366. The van der Waals surface area contributed by atoms with Gasteiger partial charge >= 0.3 is 6.18 Å². The number of amides is 1. The van der Waals surface area contributed by atoms with E-state index in [4.69, 9.17) is 11.6 Å². The highest BCUT2D eigenvalue weighted by Gasteiger charge is 2.31. The summed E-state index contributed by atoms with van der Waals surface area (Å²) in [5.74, 6) is 0.0932. The summed E-state index contributed by atoms with van der Waals surface area (Å²) in [5, 5.41) is 5.49. The monoisotopic (exact) mass is 372 g/mol. The largest absolute Gasteiger partial charge is 0.416 e. The van der Waals surface area contributed by atoms with Crippen molar-refractivity contribution in [3.63, 3.8) is 0 Å². The number of hydrogen-bond acceptors (Lipinski definition) is 4. The second kappa shape index (κ2) is 7.69. The lowest BCUT2D eigenvalue weighted by Gasteiger charge is -2.13. The zero-order valence-corrected chi connectivity index (χ0v) is 14.3. The van der Waals surface area contributed by atoms with Crippen LogP contribution in [-0.4, -0.2) is 22.4 Å². The Hall–Kier alpha value is -2.35. The highest BCUT2D eigenvalue weighted by molar-refractivity contribution is 6.33. The third-order valence-electron chi connectivity index (χ3n) is 3.16. The van der Waals surface area contributed by atoms with E-state index < -0.39 is 11.7 Å². The SMILES string of the molecule is CCCNC(=O)c1cc(Nc2cc(C(F)(F)F)ccc2Cl)nc(C)n1. The molecule has 0 aliphatic rings. The molecular formula is C16H16ClF3N4O. The first-order chi connectivity index (χ1) is 11.7. The quantitative estimate of drug-likeness (QED) is 0.819. The maximum atomic E-state index is 12.8. The van der Waals surface area contributed by atoms with E-state index in [1.165, 1.54) is 6.07 Å². The predicted molar refractivity (Wildman–Crippen MR) is 89.1 cm³/mol. The lowest BCUT2D eigenvalue weighted by molar-refractivity contribution is -0.137. The first-order valence-corrected chi connectivity index (χ1v) is 7.86. The van der Waals surface area contributed by atoms with E-state index in [2.05, 4.69) is 20.6 Å². The number of benzene rings is 1. The van der Waals surface area contributed by atoms with E-state index in [0.29, 0.717) is 12.4 Å². The van der Waals surface area contributed by atoms with Crippen LogP contribution in [0, 0.1) is 6.92 Å². The van der Waals surface area contributed by atoms with Gasteiger partial charge in [0.1, 0.15) is 17.3 Å². The van der Waals surface area contributed by atoms with Crippen LogP contribution in [-0.2, 0) is 6.18 Å². The zero-order valence-electron chi connectivity index (χ0n) is 13.5. The van der Waals surface area contributed by atoms with Crippen LogP contribution >= 0.6 is 11.6 Å². The first-order valence-electron chi connectivity index (χ1n) is 7.48. The van der Waals surface area contributed by atoms with Gasteiger partial charge in [0.25, 0.3) is 5.91 Å². The van der Waals surface area contributed by atoms with Crippen LogP contribution in [0.2, 0.25) is 5.02 Å². The van der Waals surface area contributed by atoms with Crippen molar-refractivity contribution in [2.75, 3.05) is 11.9 Å². The molecule has 0 radical (unpaired) electrons. The fourth-order valence-corrected chi connectivity index (χ4v) is 2.18. The van der Waals surface area contributed by atoms with E-state index >= 15 is 0 Å². The number of carbonyl (C=O) groups is 1. The Morgan fingerprint density at radius 3 is 2.60 bits per heavy atom. The van der Waals surface area contributed by atoms with Crippen molar-refractivity contribution in [1.82, 2.24) is 15.3 Å². The fraction of sp³-hybridized carbons (Fsp3) is 0.312. The van der Waals surface area contributed by atoms with E-state index in [1.807, 2.05) is 6.92 Å². The molecule has 2 rings (SSSR count). The third kappa shape index (κ3) is 5.06. The first kappa shape index (κ1) is 19.0. The summed E-state index contributed by atoms with van der Waals surface area (Å²) in [6.45, 7) is 3.98. The van der Waals surface area contributed by atoms with E-state index in [0.717, 1.165) is 24.6 Å². The molecule has 0 spiro atoms. The van der Waals surface area contributed by atoms with Gasteiger partial charge in [-0.25, -0.2) is 9.97 Å². The number of anilines is 2. The average molecular weight is 373 g/mol. The number of nitrogens with zero attached hydrogens (tertiary/aromatic N) is 2. The van der Waals surface area contributed by atoms with Gasteiger partial charge in [0.05, 0.1) is 16.3 Å². The standard InChI is InChI=1S/C16H16ClF3N4O/c1-3-6-21-15(25)13-8-14(23-9(2)22-13)24-12-7-10(16(18,19)20)4-5-11(12)17/h4-5,7-8H,3,6H2,1-2H3,(H,21,25)(H,22,23,24). The minimum Gasteiger partial charge on any atom is -0.351 e. The molecule has 2 N–H and O–H groups in total. The maximum Gasteiger partial charge on any atom is 0.416 e. The van der Waals surface area contributed by atoms with Gasteiger partial charge in [-0.2, -0.15) is 13.2 Å². The predicted octanol–water partition coefficient (Wildman–Crippen LogP) is 4.34. The molecule has 5 nitrogen and oxygen atoms in total. The summed E-state index contributed by atoms with van der Waals surface area (Å²) < 4.78 is 38.5. The highest BCUT2D eigenvalue weighted by atomic mass is 35.5. The number of rotatable bonds is 5. The van der Waals surface area contributed by atoms with Gasteiger partial charge in [-0.3, -0.25) is 4.79 Å². The Labute approximate surface area is 147 Å². The number of halogens is 4. The number of carbonyl (C=O) groups excluding carboxylic acids is 1. The minimum atomic E-state index is -4.49. The molecule has 0 aliphatic carbocycles. The van der Waals surface area contributed by atoms with Crippen LogP contribution < -0.4 is 10.6 Å². The lowest BCUT2D eigenvalue weighted by Crippen LogP contribution is -2.25. The molecule has 1 heterocycles. The summed E-state index contributed by atoms with van der Waals surface area (Å²) in [4.78, 5) is 20.1. The Bertz CT molecular complexity index is 780. The van der Waals surface area contributed by atoms with Gasteiger partial charge in [-0.1, -0.05) is 18.5 Å². The van der Waals surface area contributed by atoms with Crippen molar-refractivity contribution < 1.29 is 18.0 Å². The van der Waals surface area contributed by atoms with Gasteiger partial charge in [-0.15, -0.1) is 0 Å². The van der Waals surface area contributed by atoms with Crippen molar-refractivity contribution in [3.05, 3.63) is 46.4 Å². The molecule has 0 saturated heterocycles. The summed E-state index contributed by atoms with van der Waals surface area (Å²) in [7, 11) is 0. The number of aromatic nitrogens is 2. The fourth-order valence-electron chi connectivity index (χ4n) is 2.01. The van der Waals surface area contributed by atoms with Gasteiger partial charge in [-0.05, 0) is 31.5 Å². The van der Waals surface area contributed by atoms with Crippen molar-refractivity contribution in [3.8, 4) is 0 Å². The van der Waals surface area contributed by atoms with Crippen molar-refractivity contribution >= 4 is 29.0 Å². The number of nitrogens with one attached hydrogen (secondary N) is 2. The molecular weight excluding hydrogens is 357 g/mol. The van der Waals surface area contributed by atoms with Crippen LogP contribution in [0.15, 0.2) is 24.3 Å². The van der Waals surface area contributed by atoms with E-state index in [-0.39, 0.29) is 28.1 Å². The van der Waals surface area contributed by atoms with E-state index in [9.17, 15) is 18.0 Å². The molecule has 134 valence electrons. The normalized spacial score (nSPS) is 11.3. The molecule has 0 bridgehead atoms. The Morgan fingerprint density at radius 2 is 1.96 bits per heavy atom. The second-order valence-electron chi connectivity index (χ2n) is 5.26. The summed E-state index contributed by atoms with van der Waals surface area (Å²) in [6, 6.07) is 4.28. The van der Waals surface area contributed by atoms with Gasteiger partial charge in [0, 0.05) is 12.6 Å². The van der Waals surface area contributed by atoms with Crippen LogP contribution in [0.4, 0.5) is 24.7 Å². The van der Waals surface area contributed by atoms with Crippen LogP contribution in [0.5, 0.6) is 0 Å². The molecule has 9 heteroatoms. The van der Waals surface area contributed by atoms with Crippen molar-refractivity contribution in [1.29, 1.82) is 0 Å². The molecule has 0 fully saturated rings. The molecule has 0 saturated carbocycles. The summed E-state index contributed by atoms with van der Waals surface area (Å²) >= 11 is 5.95. The Kier molecular flexibility index (Phi) is 5.84. The molecule has 1 aromatic carbocycles. The molecule has 0 aliphatic heterocycles. The summed E-state index contributed by atoms with van der Waals surface area (Å²) in [5.41, 5.74) is -0.688. The number of hydrogen-bond donors (Lipinski definition) is 2. The zero-order chi connectivity index (χ0) is 18.6. The van der Waals surface area contributed by atoms with Crippen molar-refractivity contribution in [2.45, 2.75) is 26.4 Å². The number of aryl methyl sites for hydroxylation is 1. The molecule has 0 unspecified atom stereocenters. The van der Waals surface area contributed by atoms with Crippen LogP contribution in [0.25, 0.3) is 0 Å². The van der Waals surface area contributed by atoms with Gasteiger partial charge in [0.15, 0.2) is 0 Å². The lowest BCUT2D eigenvalue weighted by atomic mass is 10.2. The topological polar surface area (TPSA) is 66.9 Å². The van der Waals surface area contributed by atoms with Crippen LogP contribution in [0.1, 0.15) is 35.2 Å². The third-order valence-corrected chi connectivity index (χ3v) is 3.49. The van der Waals surface area contributed by atoms with Crippen molar-refractivity contribution in [2.24, 2.45) is 0 Å². The molecule has 1 aromatic heterocycles. The molecule has 25 heavy (non-hydrogen) atoms. The van der Waals surface area contributed by atoms with E-state index in [1.54, 1.807) is 6.92 Å². The highest BCUT2D eigenvalue weighted by Crippen LogP contribution is 2.34.